The van der Waals surface area contributed by atoms with Crippen LogP contribution in [0.1, 0.15) is 29.7 Å². The molecule has 1 fully saturated rings. The van der Waals surface area contributed by atoms with E-state index in [1.807, 2.05) is 0 Å². The van der Waals surface area contributed by atoms with Crippen LogP contribution in [0.25, 0.3) is 0 Å². The van der Waals surface area contributed by atoms with Crippen molar-refractivity contribution >= 4 is 17.5 Å². The van der Waals surface area contributed by atoms with E-state index in [0.29, 0.717) is 36.6 Å². The van der Waals surface area contributed by atoms with Gasteiger partial charge in [-0.3, -0.25) is 4.79 Å². The molecule has 1 aromatic heterocycles. The van der Waals surface area contributed by atoms with Crippen molar-refractivity contribution in [1.29, 1.82) is 0 Å². The number of amides is 1. The van der Waals surface area contributed by atoms with E-state index in [0.717, 1.165) is 6.07 Å². The Labute approximate surface area is 170 Å². The molecular formula is C20H19ClF3NO4. The summed E-state index contributed by atoms with van der Waals surface area (Å²) in [5.41, 5.74) is -1.01. The van der Waals surface area contributed by atoms with E-state index >= 15 is 0 Å². The number of aryl methyl sites for hydroxylation is 2. The third-order valence-corrected chi connectivity index (χ3v) is 4.96. The molecule has 1 unspecified atom stereocenters. The second-order valence-electron chi connectivity index (χ2n) is 6.90. The lowest BCUT2D eigenvalue weighted by Gasteiger charge is -2.17. The molecule has 0 spiro atoms. The third kappa shape index (κ3) is 5.53. The third-order valence-electron chi connectivity index (χ3n) is 4.63. The molecule has 1 saturated heterocycles. The van der Waals surface area contributed by atoms with Gasteiger partial charge in [0, 0.05) is 25.5 Å². The van der Waals surface area contributed by atoms with Crippen molar-refractivity contribution in [3.05, 3.63) is 62.7 Å². The molecule has 1 amide bonds. The molecule has 1 atom stereocenters. The topological polar surface area (TPSA) is 59.8 Å². The number of ether oxygens (including phenoxy) is 1. The molecular weight excluding hydrogens is 411 g/mol. The molecule has 9 heteroatoms. The summed E-state index contributed by atoms with van der Waals surface area (Å²) in [4.78, 5) is 25.4. The lowest BCUT2D eigenvalue weighted by Crippen LogP contribution is -2.31. The molecule has 0 N–H and O–H groups in total. The molecule has 0 bridgehead atoms. The lowest BCUT2D eigenvalue weighted by molar-refractivity contribution is -0.137. The molecule has 1 aliphatic heterocycles. The second-order valence-corrected chi connectivity index (χ2v) is 7.31. The van der Waals surface area contributed by atoms with E-state index in [1.165, 1.54) is 18.2 Å². The molecule has 29 heavy (non-hydrogen) atoms. The van der Waals surface area contributed by atoms with Gasteiger partial charge in [-0.05, 0) is 31.0 Å². The van der Waals surface area contributed by atoms with E-state index in [1.54, 1.807) is 17.9 Å². The smallest absolute Gasteiger partial charge is 0.417 e. The summed E-state index contributed by atoms with van der Waals surface area (Å²) in [5, 5.41) is -0.364. The van der Waals surface area contributed by atoms with Crippen molar-refractivity contribution in [3.63, 3.8) is 0 Å². The Hall–Kier alpha value is -2.48. The zero-order valence-corrected chi connectivity index (χ0v) is 16.3. The van der Waals surface area contributed by atoms with E-state index in [4.69, 9.17) is 20.8 Å². The van der Waals surface area contributed by atoms with Crippen LogP contribution < -0.4 is 10.4 Å². The Kier molecular flexibility index (Phi) is 6.21. The predicted octanol–water partition coefficient (Wildman–Crippen LogP) is 4.23. The monoisotopic (exact) mass is 429 g/mol. The Balaban J connectivity index is 1.55. The summed E-state index contributed by atoms with van der Waals surface area (Å²) in [6.45, 7) is 2.48. The summed E-state index contributed by atoms with van der Waals surface area (Å²) in [6, 6.07) is 6.52. The first kappa shape index (κ1) is 21.2. The standard InChI is InChI=1S/C20H19ClF3NO4/c1-12-8-15(10-19(27)28-12)29-14-6-7-25(11-14)18(26)5-3-13-2-4-17(21)16(9-13)20(22,23)24/h2,4,8-10,14H,3,5-7,11H2,1H3. The van der Waals surface area contributed by atoms with Gasteiger partial charge >= 0.3 is 11.8 Å². The lowest BCUT2D eigenvalue weighted by atomic mass is 10.1. The van der Waals surface area contributed by atoms with Gasteiger partial charge in [0.2, 0.25) is 5.91 Å². The van der Waals surface area contributed by atoms with Gasteiger partial charge in [0.25, 0.3) is 0 Å². The van der Waals surface area contributed by atoms with Crippen LogP contribution in [0.5, 0.6) is 5.75 Å². The number of alkyl halides is 3. The molecule has 2 heterocycles. The van der Waals surface area contributed by atoms with Gasteiger partial charge < -0.3 is 14.1 Å². The molecule has 0 saturated carbocycles. The predicted molar refractivity (Wildman–Crippen MR) is 100 cm³/mol. The zero-order chi connectivity index (χ0) is 21.2. The summed E-state index contributed by atoms with van der Waals surface area (Å²) in [7, 11) is 0. The average Bonchev–Trinajstić information content (AvgIpc) is 3.07. The van der Waals surface area contributed by atoms with Crippen LogP contribution in [-0.2, 0) is 17.4 Å². The van der Waals surface area contributed by atoms with Crippen molar-refractivity contribution in [3.8, 4) is 5.75 Å². The van der Waals surface area contributed by atoms with Crippen molar-refractivity contribution in [1.82, 2.24) is 4.90 Å². The van der Waals surface area contributed by atoms with Crippen LogP contribution in [0.2, 0.25) is 5.02 Å². The normalized spacial score (nSPS) is 16.9. The summed E-state index contributed by atoms with van der Waals surface area (Å²) in [6.07, 6.45) is -3.93. The van der Waals surface area contributed by atoms with Crippen LogP contribution in [0.3, 0.4) is 0 Å². The first-order valence-corrected chi connectivity index (χ1v) is 9.41. The molecule has 0 aliphatic carbocycles. The molecule has 5 nitrogen and oxygen atoms in total. The van der Waals surface area contributed by atoms with E-state index < -0.39 is 17.4 Å². The Morgan fingerprint density at radius 1 is 1.31 bits per heavy atom. The highest BCUT2D eigenvalue weighted by Crippen LogP contribution is 2.35. The van der Waals surface area contributed by atoms with Gasteiger partial charge in [0.1, 0.15) is 17.6 Å². The van der Waals surface area contributed by atoms with Crippen LogP contribution >= 0.6 is 11.6 Å². The summed E-state index contributed by atoms with van der Waals surface area (Å²) in [5.74, 6) is 0.655. The van der Waals surface area contributed by atoms with Crippen molar-refractivity contribution in [2.45, 2.75) is 38.5 Å². The number of rotatable bonds is 5. The maximum atomic E-state index is 12.9. The number of carbonyl (C=O) groups is 1. The largest absolute Gasteiger partial charge is 0.488 e. The number of hydrogen-bond donors (Lipinski definition) is 0. The zero-order valence-electron chi connectivity index (χ0n) is 15.6. The molecule has 2 aromatic rings. The Morgan fingerprint density at radius 3 is 2.76 bits per heavy atom. The maximum Gasteiger partial charge on any atom is 0.417 e. The fourth-order valence-corrected chi connectivity index (χ4v) is 3.47. The number of hydrogen-bond acceptors (Lipinski definition) is 4. The Morgan fingerprint density at radius 2 is 2.07 bits per heavy atom. The summed E-state index contributed by atoms with van der Waals surface area (Å²) < 4.78 is 49.5. The molecule has 3 rings (SSSR count). The number of likely N-dealkylation sites (tertiary alicyclic amines) is 1. The quantitative estimate of drug-likeness (QED) is 0.713. The highest BCUT2D eigenvalue weighted by atomic mass is 35.5. The van der Waals surface area contributed by atoms with E-state index in [2.05, 4.69) is 0 Å². The molecule has 1 aliphatic rings. The van der Waals surface area contributed by atoms with Crippen molar-refractivity contribution in [2.24, 2.45) is 0 Å². The highest BCUT2D eigenvalue weighted by molar-refractivity contribution is 6.31. The average molecular weight is 430 g/mol. The van der Waals surface area contributed by atoms with Crippen LogP contribution in [-0.4, -0.2) is 30.0 Å². The van der Waals surface area contributed by atoms with Crippen LogP contribution in [0.4, 0.5) is 13.2 Å². The van der Waals surface area contributed by atoms with Gasteiger partial charge in [-0.15, -0.1) is 0 Å². The fourth-order valence-electron chi connectivity index (χ4n) is 3.24. The minimum Gasteiger partial charge on any atom is -0.488 e. The van der Waals surface area contributed by atoms with Gasteiger partial charge in [-0.2, -0.15) is 13.2 Å². The molecule has 156 valence electrons. The van der Waals surface area contributed by atoms with Gasteiger partial charge in [0.15, 0.2) is 0 Å². The first-order chi connectivity index (χ1) is 13.6. The van der Waals surface area contributed by atoms with Gasteiger partial charge in [0.05, 0.1) is 23.2 Å². The minimum atomic E-state index is -4.54. The first-order valence-electron chi connectivity index (χ1n) is 9.03. The summed E-state index contributed by atoms with van der Waals surface area (Å²) >= 11 is 5.61. The molecule has 0 radical (unpaired) electrons. The van der Waals surface area contributed by atoms with Gasteiger partial charge in [-0.25, -0.2) is 4.79 Å². The SMILES string of the molecule is Cc1cc(OC2CCN(C(=O)CCc3ccc(Cl)c(C(F)(F)F)c3)C2)cc(=O)o1. The maximum absolute atomic E-state index is 12.9. The van der Waals surface area contributed by atoms with Gasteiger partial charge in [-0.1, -0.05) is 17.7 Å². The van der Waals surface area contributed by atoms with Crippen LogP contribution in [0, 0.1) is 6.92 Å². The fraction of sp³-hybridized carbons (Fsp3) is 0.400. The number of benzene rings is 1. The van der Waals surface area contributed by atoms with Crippen molar-refractivity contribution < 1.29 is 27.1 Å². The van der Waals surface area contributed by atoms with E-state index in [-0.39, 0.29) is 29.9 Å². The number of carbonyl (C=O) groups excluding carboxylic acids is 1. The van der Waals surface area contributed by atoms with E-state index in [9.17, 15) is 22.8 Å². The number of nitrogens with zero attached hydrogens (tertiary/aromatic N) is 1. The van der Waals surface area contributed by atoms with Crippen LogP contribution in [0.15, 0.2) is 39.5 Å². The minimum absolute atomic E-state index is 0.0830. The second kappa shape index (κ2) is 8.49. The number of halogens is 4. The Bertz CT molecular complexity index is 957. The van der Waals surface area contributed by atoms with Crippen molar-refractivity contribution in [2.75, 3.05) is 13.1 Å². The molecule has 1 aromatic carbocycles. The highest BCUT2D eigenvalue weighted by Gasteiger charge is 2.33.